The zero-order chi connectivity index (χ0) is 15.6. The SMILES string of the molecule is CN(CC1CCCO1)S(=O)(=O)c1cc([N+](=O)[O-])ccc1N. The van der Waals surface area contributed by atoms with Crippen molar-refractivity contribution in [3.63, 3.8) is 0 Å². The van der Waals surface area contributed by atoms with Crippen LogP contribution in [0.2, 0.25) is 0 Å². The summed E-state index contributed by atoms with van der Waals surface area (Å²) in [5.41, 5.74) is 5.34. The number of anilines is 1. The first-order valence-corrected chi connectivity index (χ1v) is 7.88. The summed E-state index contributed by atoms with van der Waals surface area (Å²) in [4.78, 5) is 9.87. The number of ether oxygens (including phenoxy) is 1. The van der Waals surface area contributed by atoms with Gasteiger partial charge in [-0.05, 0) is 18.9 Å². The molecular weight excluding hydrogens is 298 g/mol. The van der Waals surface area contributed by atoms with E-state index < -0.39 is 14.9 Å². The number of non-ortho nitro benzene ring substituents is 1. The first-order chi connectivity index (χ1) is 9.82. The van der Waals surface area contributed by atoms with Crippen molar-refractivity contribution < 1.29 is 18.1 Å². The minimum atomic E-state index is -3.89. The average Bonchev–Trinajstić information content (AvgIpc) is 2.91. The van der Waals surface area contributed by atoms with Crippen LogP contribution in [-0.2, 0) is 14.8 Å². The molecule has 2 rings (SSSR count). The number of hydrogen-bond acceptors (Lipinski definition) is 6. The molecule has 1 heterocycles. The maximum Gasteiger partial charge on any atom is 0.270 e. The zero-order valence-corrected chi connectivity index (χ0v) is 12.4. The number of likely N-dealkylation sites (N-methyl/N-ethyl adjacent to an activating group) is 1. The number of nitrogens with two attached hydrogens (primary N) is 1. The lowest BCUT2D eigenvalue weighted by Gasteiger charge is -2.21. The molecule has 0 aromatic heterocycles. The standard InChI is InChI=1S/C12H17N3O5S/c1-14(8-10-3-2-6-20-10)21(18,19)12-7-9(15(16)17)4-5-11(12)13/h4-5,7,10H,2-3,6,8,13H2,1H3. The smallest absolute Gasteiger partial charge is 0.270 e. The molecule has 21 heavy (non-hydrogen) atoms. The molecule has 1 aromatic rings. The van der Waals surface area contributed by atoms with Gasteiger partial charge < -0.3 is 10.5 Å². The highest BCUT2D eigenvalue weighted by atomic mass is 32.2. The number of hydrogen-bond donors (Lipinski definition) is 1. The van der Waals surface area contributed by atoms with E-state index in [9.17, 15) is 18.5 Å². The molecule has 0 radical (unpaired) electrons. The number of rotatable bonds is 5. The van der Waals surface area contributed by atoms with Crippen LogP contribution < -0.4 is 5.73 Å². The summed E-state index contributed by atoms with van der Waals surface area (Å²) >= 11 is 0. The molecule has 2 N–H and O–H groups in total. The Kier molecular flexibility index (Phi) is 4.45. The number of sulfonamides is 1. The van der Waals surface area contributed by atoms with Crippen molar-refractivity contribution in [1.29, 1.82) is 0 Å². The Balaban J connectivity index is 2.29. The van der Waals surface area contributed by atoms with Crippen molar-refractivity contribution in [1.82, 2.24) is 4.31 Å². The van der Waals surface area contributed by atoms with Gasteiger partial charge in [-0.1, -0.05) is 0 Å². The van der Waals surface area contributed by atoms with Gasteiger partial charge in [0.05, 0.1) is 16.7 Å². The molecule has 8 nitrogen and oxygen atoms in total. The molecule has 1 aromatic carbocycles. The molecular formula is C12H17N3O5S. The Morgan fingerprint density at radius 1 is 1.52 bits per heavy atom. The third-order valence-electron chi connectivity index (χ3n) is 3.38. The highest BCUT2D eigenvalue weighted by molar-refractivity contribution is 7.89. The van der Waals surface area contributed by atoms with E-state index in [0.717, 1.165) is 23.2 Å². The molecule has 1 fully saturated rings. The third kappa shape index (κ3) is 3.31. The molecule has 9 heteroatoms. The molecule has 1 atom stereocenters. The molecule has 0 aliphatic carbocycles. The van der Waals surface area contributed by atoms with Crippen molar-refractivity contribution in [2.75, 3.05) is 25.9 Å². The average molecular weight is 315 g/mol. The summed E-state index contributed by atoms with van der Waals surface area (Å²) in [5, 5.41) is 10.8. The number of nitrogen functional groups attached to an aromatic ring is 1. The monoisotopic (exact) mass is 315 g/mol. The van der Waals surface area contributed by atoms with Crippen LogP contribution in [0.3, 0.4) is 0 Å². The summed E-state index contributed by atoms with van der Waals surface area (Å²) in [6.07, 6.45) is 1.55. The number of nitro groups is 1. The van der Waals surface area contributed by atoms with E-state index in [4.69, 9.17) is 10.5 Å². The Hall–Kier alpha value is -1.71. The minimum Gasteiger partial charge on any atom is -0.398 e. The van der Waals surface area contributed by atoms with Crippen LogP contribution in [0, 0.1) is 10.1 Å². The van der Waals surface area contributed by atoms with Gasteiger partial charge in [0.25, 0.3) is 5.69 Å². The lowest BCUT2D eigenvalue weighted by atomic mass is 10.2. The molecule has 1 aliphatic rings. The fraction of sp³-hybridized carbons (Fsp3) is 0.500. The van der Waals surface area contributed by atoms with Crippen molar-refractivity contribution in [3.8, 4) is 0 Å². The molecule has 0 bridgehead atoms. The predicted molar refractivity (Wildman–Crippen MR) is 76.3 cm³/mol. The maximum atomic E-state index is 12.5. The zero-order valence-electron chi connectivity index (χ0n) is 11.6. The van der Waals surface area contributed by atoms with E-state index >= 15 is 0 Å². The van der Waals surface area contributed by atoms with E-state index in [2.05, 4.69) is 0 Å². The van der Waals surface area contributed by atoms with Gasteiger partial charge in [0.15, 0.2) is 0 Å². The van der Waals surface area contributed by atoms with Crippen LogP contribution >= 0.6 is 0 Å². The second-order valence-electron chi connectivity index (χ2n) is 4.90. The summed E-state index contributed by atoms with van der Waals surface area (Å²) in [5.74, 6) is 0. The van der Waals surface area contributed by atoms with Gasteiger partial charge >= 0.3 is 0 Å². The van der Waals surface area contributed by atoms with Gasteiger partial charge in [-0.2, -0.15) is 4.31 Å². The Morgan fingerprint density at radius 3 is 2.81 bits per heavy atom. The van der Waals surface area contributed by atoms with E-state index in [1.54, 1.807) is 0 Å². The lowest BCUT2D eigenvalue weighted by Crippen LogP contribution is -2.34. The topological polar surface area (TPSA) is 116 Å². The Morgan fingerprint density at radius 2 is 2.24 bits per heavy atom. The van der Waals surface area contributed by atoms with E-state index in [-0.39, 0.29) is 28.9 Å². The van der Waals surface area contributed by atoms with Crippen LogP contribution in [0.15, 0.2) is 23.1 Å². The van der Waals surface area contributed by atoms with Crippen molar-refractivity contribution in [2.24, 2.45) is 0 Å². The molecule has 0 amide bonds. The van der Waals surface area contributed by atoms with E-state index in [1.807, 2.05) is 0 Å². The van der Waals surface area contributed by atoms with Gasteiger partial charge in [0.2, 0.25) is 10.0 Å². The Labute approximate surface area is 122 Å². The van der Waals surface area contributed by atoms with Crippen LogP contribution in [0.4, 0.5) is 11.4 Å². The number of benzene rings is 1. The summed E-state index contributed by atoms with van der Waals surface area (Å²) in [7, 11) is -2.48. The highest BCUT2D eigenvalue weighted by Gasteiger charge is 2.28. The second-order valence-corrected chi connectivity index (χ2v) is 6.91. The van der Waals surface area contributed by atoms with Gasteiger partial charge in [-0.3, -0.25) is 10.1 Å². The second kappa shape index (κ2) is 5.96. The lowest BCUT2D eigenvalue weighted by molar-refractivity contribution is -0.385. The van der Waals surface area contributed by atoms with Gasteiger partial charge in [0, 0.05) is 32.3 Å². The van der Waals surface area contributed by atoms with Crippen LogP contribution in [0.1, 0.15) is 12.8 Å². The van der Waals surface area contributed by atoms with Gasteiger partial charge in [-0.15, -0.1) is 0 Å². The molecule has 0 saturated carbocycles. The molecule has 116 valence electrons. The molecule has 1 aliphatic heterocycles. The minimum absolute atomic E-state index is 0.0141. The fourth-order valence-corrected chi connectivity index (χ4v) is 3.54. The van der Waals surface area contributed by atoms with E-state index in [0.29, 0.717) is 6.61 Å². The van der Waals surface area contributed by atoms with Gasteiger partial charge in [0.1, 0.15) is 4.90 Å². The van der Waals surface area contributed by atoms with Crippen LogP contribution in [-0.4, -0.2) is 43.9 Å². The van der Waals surface area contributed by atoms with Crippen molar-refractivity contribution in [2.45, 2.75) is 23.8 Å². The molecule has 1 unspecified atom stereocenters. The first kappa shape index (κ1) is 15.7. The summed E-state index contributed by atoms with van der Waals surface area (Å²) in [6, 6.07) is 3.38. The summed E-state index contributed by atoms with van der Waals surface area (Å²) < 4.78 is 31.5. The van der Waals surface area contributed by atoms with Crippen LogP contribution in [0.25, 0.3) is 0 Å². The third-order valence-corrected chi connectivity index (χ3v) is 5.26. The Bertz CT molecular complexity index is 640. The number of nitrogens with zero attached hydrogens (tertiary/aromatic N) is 2. The molecule has 1 saturated heterocycles. The van der Waals surface area contributed by atoms with Gasteiger partial charge in [-0.25, -0.2) is 8.42 Å². The number of nitro benzene ring substituents is 1. The highest BCUT2D eigenvalue weighted by Crippen LogP contribution is 2.27. The van der Waals surface area contributed by atoms with Crippen molar-refractivity contribution in [3.05, 3.63) is 28.3 Å². The van der Waals surface area contributed by atoms with E-state index in [1.165, 1.54) is 19.2 Å². The fourth-order valence-electron chi connectivity index (χ4n) is 2.20. The summed E-state index contributed by atoms with van der Waals surface area (Å²) in [6.45, 7) is 0.821. The van der Waals surface area contributed by atoms with Crippen LogP contribution in [0.5, 0.6) is 0 Å². The largest absolute Gasteiger partial charge is 0.398 e. The predicted octanol–water partition coefficient (Wildman–Crippen LogP) is 0.977. The molecule has 0 spiro atoms. The normalized spacial score (nSPS) is 19.0. The maximum absolute atomic E-state index is 12.5. The van der Waals surface area contributed by atoms with Crippen molar-refractivity contribution >= 4 is 21.4 Å². The first-order valence-electron chi connectivity index (χ1n) is 6.44. The quantitative estimate of drug-likeness (QED) is 0.492.